The average molecular weight is 625 g/mol. The highest BCUT2D eigenvalue weighted by atomic mass is 16.3. The summed E-state index contributed by atoms with van der Waals surface area (Å²) in [6, 6.07) is 58.0. The molecule has 0 fully saturated rings. The lowest BCUT2D eigenvalue weighted by Gasteiger charge is -2.20. The van der Waals surface area contributed by atoms with Crippen molar-refractivity contribution in [2.75, 3.05) is 0 Å². The summed E-state index contributed by atoms with van der Waals surface area (Å²) in [5.74, 6) is 0. The minimum Gasteiger partial charge on any atom is -0.455 e. The molecule has 0 saturated carbocycles. The molecule has 0 radical (unpaired) electrons. The van der Waals surface area contributed by atoms with Gasteiger partial charge in [-0.25, -0.2) is 0 Å². The minimum absolute atomic E-state index is 0.917. The number of para-hydroxylation sites is 2. The number of fused-ring (bicyclic) bond motifs is 3. The first-order valence-corrected chi connectivity index (χ1v) is 17.0. The van der Waals surface area contributed by atoms with Crippen LogP contribution in [-0.2, 0) is 0 Å². The third-order valence-electron chi connectivity index (χ3n) is 10.4. The fourth-order valence-corrected chi connectivity index (χ4v) is 7.92. The van der Waals surface area contributed by atoms with Gasteiger partial charge in [0.25, 0.3) is 0 Å². The van der Waals surface area contributed by atoms with Gasteiger partial charge >= 0.3 is 0 Å². The van der Waals surface area contributed by atoms with E-state index in [2.05, 4.69) is 166 Å². The molecule has 1 heteroatoms. The number of furan rings is 1. The SMILES string of the molecule is Cc1ccc(-c2ccc3ccc4c(-c5ccc(C)cc5)cc(-c5cccc(-c6cccc7c6oc6ccccc67)c5)c5ccc2c3c45)cc1. The lowest BCUT2D eigenvalue weighted by Crippen LogP contribution is -1.93. The Balaban J connectivity index is 1.26. The van der Waals surface area contributed by atoms with Crippen molar-refractivity contribution in [1.82, 2.24) is 0 Å². The summed E-state index contributed by atoms with van der Waals surface area (Å²) in [6.45, 7) is 4.30. The molecule has 0 aliphatic carbocycles. The number of hydrogen-bond acceptors (Lipinski definition) is 1. The molecule has 10 rings (SSSR count). The van der Waals surface area contributed by atoms with E-state index in [0.29, 0.717) is 0 Å². The predicted octanol–water partition coefficient (Wildman–Crippen LogP) is 13.8. The zero-order valence-corrected chi connectivity index (χ0v) is 27.4. The molecule has 0 spiro atoms. The van der Waals surface area contributed by atoms with Gasteiger partial charge in [0.2, 0.25) is 0 Å². The Morgan fingerprint density at radius 1 is 0.347 bits per heavy atom. The Kier molecular flexibility index (Phi) is 6.07. The van der Waals surface area contributed by atoms with E-state index in [1.807, 2.05) is 6.07 Å². The van der Waals surface area contributed by atoms with Crippen LogP contribution >= 0.6 is 0 Å². The molecule has 0 saturated heterocycles. The predicted molar refractivity (Wildman–Crippen MR) is 209 cm³/mol. The second-order valence-corrected chi connectivity index (χ2v) is 13.4. The van der Waals surface area contributed by atoms with Crippen molar-refractivity contribution in [3.8, 4) is 44.5 Å². The van der Waals surface area contributed by atoms with E-state index in [-0.39, 0.29) is 0 Å². The Morgan fingerprint density at radius 2 is 0.918 bits per heavy atom. The second kappa shape index (κ2) is 10.7. The minimum atomic E-state index is 0.917. The lowest BCUT2D eigenvalue weighted by atomic mass is 9.83. The largest absolute Gasteiger partial charge is 0.455 e. The smallest absolute Gasteiger partial charge is 0.143 e. The molecular weight excluding hydrogens is 593 g/mol. The van der Waals surface area contributed by atoms with Crippen molar-refractivity contribution < 1.29 is 4.42 Å². The summed E-state index contributed by atoms with van der Waals surface area (Å²) < 4.78 is 6.47. The van der Waals surface area contributed by atoms with Gasteiger partial charge in [0.05, 0.1) is 0 Å². The topological polar surface area (TPSA) is 13.1 Å². The molecule has 9 aromatic carbocycles. The van der Waals surface area contributed by atoms with Crippen LogP contribution in [0.1, 0.15) is 11.1 Å². The van der Waals surface area contributed by atoms with Crippen LogP contribution in [0.4, 0.5) is 0 Å². The molecule has 1 heterocycles. The van der Waals surface area contributed by atoms with Gasteiger partial charge in [-0.1, -0.05) is 151 Å². The maximum atomic E-state index is 6.47. The number of rotatable bonds is 4. The highest BCUT2D eigenvalue weighted by molar-refractivity contribution is 6.30. The third-order valence-corrected chi connectivity index (χ3v) is 10.4. The fraction of sp³-hybridized carbons (Fsp3) is 0.0417. The molecule has 230 valence electrons. The molecule has 10 aromatic rings. The summed E-state index contributed by atoms with van der Waals surface area (Å²) >= 11 is 0. The number of hydrogen-bond donors (Lipinski definition) is 0. The van der Waals surface area contributed by atoms with E-state index in [1.54, 1.807) is 0 Å². The first kappa shape index (κ1) is 27.9. The summed E-state index contributed by atoms with van der Waals surface area (Å²) in [7, 11) is 0. The number of benzene rings is 9. The summed E-state index contributed by atoms with van der Waals surface area (Å²) in [4.78, 5) is 0. The molecule has 0 N–H and O–H groups in total. The maximum absolute atomic E-state index is 6.47. The molecule has 0 aliphatic heterocycles. The molecule has 0 bridgehead atoms. The van der Waals surface area contributed by atoms with Crippen molar-refractivity contribution >= 4 is 54.3 Å². The van der Waals surface area contributed by atoms with Gasteiger partial charge in [-0.15, -0.1) is 0 Å². The van der Waals surface area contributed by atoms with Gasteiger partial charge < -0.3 is 4.42 Å². The van der Waals surface area contributed by atoms with Crippen molar-refractivity contribution in [2.45, 2.75) is 13.8 Å². The Labute approximate surface area is 285 Å². The third kappa shape index (κ3) is 4.33. The highest BCUT2D eigenvalue weighted by Crippen LogP contribution is 2.46. The van der Waals surface area contributed by atoms with Crippen LogP contribution in [0.3, 0.4) is 0 Å². The van der Waals surface area contributed by atoms with Crippen molar-refractivity contribution in [3.63, 3.8) is 0 Å². The molecule has 0 amide bonds. The van der Waals surface area contributed by atoms with Gasteiger partial charge in [0.1, 0.15) is 11.2 Å². The van der Waals surface area contributed by atoms with Gasteiger partial charge in [0, 0.05) is 16.3 Å². The van der Waals surface area contributed by atoms with E-state index in [0.717, 1.165) is 33.1 Å². The van der Waals surface area contributed by atoms with Crippen LogP contribution in [0.15, 0.2) is 162 Å². The summed E-state index contributed by atoms with van der Waals surface area (Å²) in [5.41, 5.74) is 14.0. The summed E-state index contributed by atoms with van der Waals surface area (Å²) in [5, 5.41) is 10.0. The number of aryl methyl sites for hydroxylation is 2. The Hall–Kier alpha value is -6.18. The monoisotopic (exact) mass is 624 g/mol. The Bertz CT molecular complexity index is 2870. The van der Waals surface area contributed by atoms with Crippen LogP contribution in [0.25, 0.3) is 98.8 Å². The van der Waals surface area contributed by atoms with Crippen LogP contribution < -0.4 is 0 Å². The normalized spacial score (nSPS) is 11.9. The fourth-order valence-electron chi connectivity index (χ4n) is 7.92. The standard InChI is InChI=1S/C48H32O/c1-29-13-17-31(18-14-29)36-23-21-33-22-24-40-43(32-19-15-30(2)16-20-32)28-44(41-26-25-39(36)46(33)47(40)41)35-8-5-7-34(27-35)37-10-6-11-42-38-9-3-4-12-45(38)49-48(37)42/h3-28H,1-2H3. The van der Waals surface area contributed by atoms with E-state index in [4.69, 9.17) is 4.42 Å². The van der Waals surface area contributed by atoms with Gasteiger partial charge in [0.15, 0.2) is 0 Å². The summed E-state index contributed by atoms with van der Waals surface area (Å²) in [6.07, 6.45) is 0. The second-order valence-electron chi connectivity index (χ2n) is 13.4. The zero-order chi connectivity index (χ0) is 32.6. The zero-order valence-electron chi connectivity index (χ0n) is 27.4. The van der Waals surface area contributed by atoms with Crippen LogP contribution in [-0.4, -0.2) is 0 Å². The van der Waals surface area contributed by atoms with Gasteiger partial charge in [-0.3, -0.25) is 0 Å². The molecular formula is C48H32O. The first-order chi connectivity index (χ1) is 24.1. The van der Waals surface area contributed by atoms with Crippen LogP contribution in [0, 0.1) is 13.8 Å². The molecule has 0 aliphatic rings. The van der Waals surface area contributed by atoms with Gasteiger partial charge in [-0.2, -0.15) is 0 Å². The van der Waals surface area contributed by atoms with Gasteiger partial charge in [-0.05, 0) is 103 Å². The Morgan fingerprint density at radius 3 is 1.67 bits per heavy atom. The highest BCUT2D eigenvalue weighted by Gasteiger charge is 2.19. The van der Waals surface area contributed by atoms with E-state index >= 15 is 0 Å². The van der Waals surface area contributed by atoms with E-state index in [9.17, 15) is 0 Å². The molecule has 0 atom stereocenters. The molecule has 1 aromatic heterocycles. The first-order valence-electron chi connectivity index (χ1n) is 17.0. The van der Waals surface area contributed by atoms with E-state index in [1.165, 1.54) is 76.8 Å². The van der Waals surface area contributed by atoms with Crippen LogP contribution in [0.2, 0.25) is 0 Å². The molecule has 1 nitrogen and oxygen atoms in total. The van der Waals surface area contributed by atoms with E-state index < -0.39 is 0 Å². The van der Waals surface area contributed by atoms with Crippen molar-refractivity contribution in [2.24, 2.45) is 0 Å². The maximum Gasteiger partial charge on any atom is 0.143 e. The molecule has 49 heavy (non-hydrogen) atoms. The van der Waals surface area contributed by atoms with Crippen molar-refractivity contribution in [3.05, 3.63) is 169 Å². The quantitative estimate of drug-likeness (QED) is 0.178. The van der Waals surface area contributed by atoms with Crippen LogP contribution in [0.5, 0.6) is 0 Å². The molecule has 0 unspecified atom stereocenters. The average Bonchev–Trinajstić information content (AvgIpc) is 3.53. The lowest BCUT2D eigenvalue weighted by molar-refractivity contribution is 0.670. The van der Waals surface area contributed by atoms with Crippen molar-refractivity contribution in [1.29, 1.82) is 0 Å².